The second kappa shape index (κ2) is 5.66. The van der Waals surface area contributed by atoms with Gasteiger partial charge < -0.3 is 5.11 Å². The molecule has 0 fully saturated rings. The minimum Gasteiger partial charge on any atom is -0.481 e. The van der Waals surface area contributed by atoms with Gasteiger partial charge in [0.05, 0.1) is 0 Å². The van der Waals surface area contributed by atoms with Gasteiger partial charge in [-0.05, 0) is 47.7 Å². The summed E-state index contributed by atoms with van der Waals surface area (Å²) < 4.78 is 1.16. The number of aryl methyl sites for hydroxylation is 2. The molecule has 1 N–H and O–H groups in total. The average molecular weight is 291 g/mol. The van der Waals surface area contributed by atoms with Crippen LogP contribution < -0.4 is 0 Å². The van der Waals surface area contributed by atoms with Crippen molar-refractivity contribution in [1.82, 2.24) is 0 Å². The highest BCUT2D eigenvalue weighted by Crippen LogP contribution is 2.28. The quantitative estimate of drug-likeness (QED) is 0.894. The Morgan fingerprint density at radius 2 is 2.33 bits per heavy atom. The Labute approximate surface area is 102 Å². The molecule has 0 amide bonds. The summed E-state index contributed by atoms with van der Waals surface area (Å²) in [6.45, 7) is 4.07. The molecule has 84 valence electrons. The van der Waals surface area contributed by atoms with E-state index < -0.39 is 5.97 Å². The van der Waals surface area contributed by atoms with Crippen LogP contribution in [0.15, 0.2) is 10.5 Å². The third kappa shape index (κ3) is 4.34. The Morgan fingerprint density at radius 1 is 1.67 bits per heavy atom. The van der Waals surface area contributed by atoms with Crippen LogP contribution in [0.1, 0.15) is 29.5 Å². The van der Waals surface area contributed by atoms with Gasteiger partial charge in [0.25, 0.3) is 0 Å². The third-order valence-corrected chi connectivity index (χ3v) is 4.51. The van der Waals surface area contributed by atoms with E-state index in [1.54, 1.807) is 11.3 Å². The molecule has 4 heteroatoms. The van der Waals surface area contributed by atoms with Gasteiger partial charge >= 0.3 is 5.97 Å². The van der Waals surface area contributed by atoms with E-state index in [2.05, 4.69) is 28.9 Å². The number of carboxylic acids is 1. The Hall–Kier alpha value is -0.350. The van der Waals surface area contributed by atoms with Gasteiger partial charge in [0.1, 0.15) is 0 Å². The number of rotatable bonds is 5. The number of hydrogen-bond donors (Lipinski definition) is 1. The lowest BCUT2D eigenvalue weighted by Crippen LogP contribution is -2.04. The van der Waals surface area contributed by atoms with Crippen molar-refractivity contribution >= 4 is 33.2 Å². The Morgan fingerprint density at radius 3 is 2.80 bits per heavy atom. The van der Waals surface area contributed by atoms with Crippen molar-refractivity contribution in [3.8, 4) is 0 Å². The first-order valence-corrected chi connectivity index (χ1v) is 6.56. The lowest BCUT2D eigenvalue weighted by Gasteiger charge is -2.06. The van der Waals surface area contributed by atoms with Gasteiger partial charge in [-0.15, -0.1) is 11.3 Å². The summed E-state index contributed by atoms with van der Waals surface area (Å²) in [5.74, 6) is -0.449. The van der Waals surface area contributed by atoms with Gasteiger partial charge in [0, 0.05) is 20.6 Å². The van der Waals surface area contributed by atoms with Gasteiger partial charge in [-0.3, -0.25) is 4.79 Å². The lowest BCUT2D eigenvalue weighted by atomic mass is 10.0. The molecule has 1 aromatic rings. The first-order valence-electron chi connectivity index (χ1n) is 4.95. The Balaban J connectivity index is 2.40. The minimum atomic E-state index is -0.703. The minimum absolute atomic E-state index is 0.253. The van der Waals surface area contributed by atoms with Crippen molar-refractivity contribution in [3.05, 3.63) is 20.3 Å². The van der Waals surface area contributed by atoms with Crippen molar-refractivity contribution in [2.24, 2.45) is 5.92 Å². The van der Waals surface area contributed by atoms with Crippen LogP contribution in [0.4, 0.5) is 0 Å². The smallest absolute Gasteiger partial charge is 0.303 e. The number of carbonyl (C=O) groups is 1. The van der Waals surface area contributed by atoms with Crippen molar-refractivity contribution in [3.63, 3.8) is 0 Å². The van der Waals surface area contributed by atoms with Gasteiger partial charge in [-0.2, -0.15) is 0 Å². The van der Waals surface area contributed by atoms with E-state index >= 15 is 0 Å². The summed E-state index contributed by atoms with van der Waals surface area (Å²) in [6.07, 6.45) is 2.19. The molecule has 0 aliphatic rings. The topological polar surface area (TPSA) is 37.3 Å². The molecule has 1 heterocycles. The normalized spacial score (nSPS) is 12.7. The first-order chi connectivity index (χ1) is 6.99. The molecule has 0 spiro atoms. The number of hydrogen-bond acceptors (Lipinski definition) is 2. The molecular formula is C11H15BrO2S. The average Bonchev–Trinajstić information content (AvgIpc) is 2.42. The number of halogens is 1. The predicted molar refractivity (Wildman–Crippen MR) is 66.5 cm³/mol. The molecule has 15 heavy (non-hydrogen) atoms. The summed E-state index contributed by atoms with van der Waals surface area (Å²) in [4.78, 5) is 13.1. The summed E-state index contributed by atoms with van der Waals surface area (Å²) in [7, 11) is 0. The molecule has 0 saturated carbocycles. The van der Waals surface area contributed by atoms with Crippen LogP contribution >= 0.6 is 27.3 Å². The fourth-order valence-corrected chi connectivity index (χ4v) is 3.05. The summed E-state index contributed by atoms with van der Waals surface area (Å²) in [6, 6.07) is 2.13. The molecule has 2 nitrogen and oxygen atoms in total. The molecule has 1 unspecified atom stereocenters. The van der Waals surface area contributed by atoms with Gasteiger partial charge in [-0.1, -0.05) is 6.92 Å². The maximum atomic E-state index is 10.5. The van der Waals surface area contributed by atoms with Crippen LogP contribution in [-0.2, 0) is 11.2 Å². The standard InChI is InChI=1S/C11H15BrO2S/c1-7(5-11(13)14)3-4-9-6-10(12)8(2)15-9/h6-7H,3-5H2,1-2H3,(H,13,14). The Bertz CT molecular complexity index is 327. The van der Waals surface area contributed by atoms with Crippen molar-refractivity contribution in [1.29, 1.82) is 0 Å². The SMILES string of the molecule is Cc1sc(CCC(C)CC(=O)O)cc1Br. The van der Waals surface area contributed by atoms with Crippen molar-refractivity contribution < 1.29 is 9.90 Å². The molecule has 0 saturated heterocycles. The largest absolute Gasteiger partial charge is 0.481 e. The van der Waals surface area contributed by atoms with Gasteiger partial charge in [-0.25, -0.2) is 0 Å². The summed E-state index contributed by atoms with van der Waals surface area (Å²) in [5, 5.41) is 8.62. The highest BCUT2D eigenvalue weighted by molar-refractivity contribution is 9.10. The lowest BCUT2D eigenvalue weighted by molar-refractivity contribution is -0.138. The molecule has 0 aromatic carbocycles. The van der Waals surface area contributed by atoms with E-state index in [4.69, 9.17) is 5.11 Å². The Kier molecular flexibility index (Phi) is 4.80. The summed E-state index contributed by atoms with van der Waals surface area (Å²) >= 11 is 5.26. The maximum Gasteiger partial charge on any atom is 0.303 e. The van der Waals surface area contributed by atoms with Crippen LogP contribution in [-0.4, -0.2) is 11.1 Å². The molecular weight excluding hydrogens is 276 g/mol. The molecule has 0 radical (unpaired) electrons. The van der Waals surface area contributed by atoms with Gasteiger partial charge in [0.15, 0.2) is 0 Å². The molecule has 1 rings (SSSR count). The van der Waals surface area contributed by atoms with E-state index in [9.17, 15) is 4.79 Å². The fourth-order valence-electron chi connectivity index (χ4n) is 1.43. The van der Waals surface area contributed by atoms with Crippen LogP contribution in [0, 0.1) is 12.8 Å². The van der Waals surface area contributed by atoms with Crippen molar-refractivity contribution in [2.75, 3.05) is 0 Å². The number of carboxylic acid groups (broad SMARTS) is 1. The first kappa shape index (κ1) is 12.7. The van der Waals surface area contributed by atoms with E-state index in [0.29, 0.717) is 0 Å². The zero-order valence-corrected chi connectivity index (χ0v) is 11.3. The third-order valence-electron chi connectivity index (χ3n) is 2.31. The van der Waals surface area contributed by atoms with E-state index in [1.807, 2.05) is 6.92 Å². The maximum absolute atomic E-state index is 10.5. The molecule has 1 aromatic heterocycles. The zero-order chi connectivity index (χ0) is 11.4. The van der Waals surface area contributed by atoms with Crippen LogP contribution in [0.5, 0.6) is 0 Å². The molecule has 1 atom stereocenters. The molecule has 0 aliphatic carbocycles. The number of aliphatic carboxylic acids is 1. The van der Waals surface area contributed by atoms with E-state index in [-0.39, 0.29) is 12.3 Å². The van der Waals surface area contributed by atoms with E-state index in [0.717, 1.165) is 17.3 Å². The predicted octanol–water partition coefficient (Wildman–Crippen LogP) is 3.86. The van der Waals surface area contributed by atoms with Crippen LogP contribution in [0.3, 0.4) is 0 Å². The highest BCUT2D eigenvalue weighted by Gasteiger charge is 2.09. The van der Waals surface area contributed by atoms with Gasteiger partial charge in [0.2, 0.25) is 0 Å². The van der Waals surface area contributed by atoms with Crippen molar-refractivity contribution in [2.45, 2.75) is 33.1 Å². The van der Waals surface area contributed by atoms with Crippen LogP contribution in [0.25, 0.3) is 0 Å². The molecule has 0 bridgehead atoms. The monoisotopic (exact) mass is 290 g/mol. The highest BCUT2D eigenvalue weighted by atomic mass is 79.9. The summed E-state index contributed by atoms with van der Waals surface area (Å²) in [5.41, 5.74) is 0. The second-order valence-corrected chi connectivity index (χ2v) is 6.05. The number of thiophene rings is 1. The fraction of sp³-hybridized carbons (Fsp3) is 0.545. The van der Waals surface area contributed by atoms with E-state index in [1.165, 1.54) is 9.75 Å². The second-order valence-electron chi connectivity index (χ2n) is 3.86. The molecule has 0 aliphatic heterocycles. The zero-order valence-electron chi connectivity index (χ0n) is 8.92. The van der Waals surface area contributed by atoms with Crippen LogP contribution in [0.2, 0.25) is 0 Å².